The first kappa shape index (κ1) is 11.1. The van der Waals surface area contributed by atoms with Crippen molar-refractivity contribution in [1.82, 2.24) is 4.90 Å². The van der Waals surface area contributed by atoms with Gasteiger partial charge in [-0.15, -0.1) is 0 Å². The van der Waals surface area contributed by atoms with Crippen molar-refractivity contribution in [2.24, 2.45) is 0 Å². The molecular weight excluding hydrogens is 274 g/mol. The third kappa shape index (κ3) is 2.41. The molecule has 5 heteroatoms. The predicted octanol–water partition coefficient (Wildman–Crippen LogP) is 2.43. The summed E-state index contributed by atoms with van der Waals surface area (Å²) in [6, 6.07) is 6.67. The molecule has 0 N–H and O–H groups in total. The first-order valence-corrected chi connectivity index (χ1v) is 5.73. The number of carbonyl (C=O) groups excluding carboxylic acids is 2. The summed E-state index contributed by atoms with van der Waals surface area (Å²) in [6.07, 6.45) is 0.417. The molecule has 1 fully saturated rings. The quantitative estimate of drug-likeness (QED) is 0.587. The van der Waals surface area contributed by atoms with E-state index in [2.05, 4.69) is 15.9 Å². The fourth-order valence-electron chi connectivity index (χ4n) is 1.29. The molecule has 0 spiro atoms. The molecule has 0 saturated carbocycles. The van der Waals surface area contributed by atoms with Crippen LogP contribution >= 0.6 is 15.9 Å². The van der Waals surface area contributed by atoms with Crippen molar-refractivity contribution in [2.45, 2.75) is 6.42 Å². The highest BCUT2D eigenvalue weighted by Crippen LogP contribution is 2.13. The fourth-order valence-corrected chi connectivity index (χ4v) is 1.55. The predicted molar refractivity (Wildman–Crippen MR) is 61.1 cm³/mol. The molecule has 1 heterocycles. The maximum Gasteiger partial charge on any atom is 0.417 e. The van der Waals surface area contributed by atoms with Crippen molar-refractivity contribution in [2.75, 3.05) is 13.1 Å². The minimum atomic E-state index is -0.607. The number of nitrogens with zero attached hydrogens (tertiary/aromatic N) is 1. The Morgan fingerprint density at radius 3 is 2.31 bits per heavy atom. The maximum atomic E-state index is 11.5. The van der Waals surface area contributed by atoms with Gasteiger partial charge in [0.05, 0.1) is 5.56 Å². The number of likely N-dealkylation sites (tertiary alicyclic amines) is 1. The van der Waals surface area contributed by atoms with E-state index in [0.717, 1.165) is 10.9 Å². The van der Waals surface area contributed by atoms with Crippen molar-refractivity contribution < 1.29 is 14.3 Å². The van der Waals surface area contributed by atoms with Gasteiger partial charge in [-0.2, -0.15) is 0 Å². The number of halogens is 1. The lowest BCUT2D eigenvalue weighted by Gasteiger charge is -2.29. The van der Waals surface area contributed by atoms with Gasteiger partial charge in [0.1, 0.15) is 0 Å². The second-order valence-corrected chi connectivity index (χ2v) is 4.42. The van der Waals surface area contributed by atoms with Crippen molar-refractivity contribution in [3.8, 4) is 0 Å². The third-order valence-electron chi connectivity index (χ3n) is 2.37. The second-order valence-electron chi connectivity index (χ2n) is 3.50. The second kappa shape index (κ2) is 4.65. The van der Waals surface area contributed by atoms with Crippen LogP contribution < -0.4 is 0 Å². The summed E-state index contributed by atoms with van der Waals surface area (Å²) in [4.78, 5) is 24.4. The van der Waals surface area contributed by atoms with Crippen LogP contribution in [0.4, 0.5) is 4.79 Å². The van der Waals surface area contributed by atoms with Crippen molar-refractivity contribution in [1.29, 1.82) is 0 Å². The maximum absolute atomic E-state index is 11.5. The van der Waals surface area contributed by atoms with Crippen LogP contribution in [0.5, 0.6) is 0 Å². The normalized spacial score (nSPS) is 14.2. The molecule has 0 bridgehead atoms. The molecule has 0 aromatic heterocycles. The van der Waals surface area contributed by atoms with Gasteiger partial charge in [-0.1, -0.05) is 15.9 Å². The van der Waals surface area contributed by atoms with Gasteiger partial charge < -0.3 is 9.64 Å². The molecule has 0 unspecified atom stereocenters. The molecule has 1 saturated heterocycles. The minimum Gasteiger partial charge on any atom is -0.372 e. The molecule has 16 heavy (non-hydrogen) atoms. The van der Waals surface area contributed by atoms with E-state index < -0.39 is 12.1 Å². The molecule has 2 rings (SSSR count). The van der Waals surface area contributed by atoms with Crippen molar-refractivity contribution >= 4 is 28.0 Å². The standard InChI is InChI=1S/C11H10BrNO3/c12-9-4-2-8(3-5-9)10(14)16-11(15)13-6-1-7-13/h2-5H,1,6-7H2. The van der Waals surface area contributed by atoms with Crippen molar-refractivity contribution in [3.05, 3.63) is 34.3 Å². The van der Waals surface area contributed by atoms with Crippen LogP contribution in [0, 0.1) is 0 Å². The highest BCUT2D eigenvalue weighted by Gasteiger charge is 2.24. The average molecular weight is 284 g/mol. The van der Waals surface area contributed by atoms with Gasteiger partial charge >= 0.3 is 12.1 Å². The van der Waals surface area contributed by atoms with Gasteiger partial charge in [0.2, 0.25) is 0 Å². The molecule has 0 radical (unpaired) electrons. The fraction of sp³-hybridized carbons (Fsp3) is 0.273. The number of carbonyl (C=O) groups is 2. The van der Waals surface area contributed by atoms with E-state index in [9.17, 15) is 9.59 Å². The summed E-state index contributed by atoms with van der Waals surface area (Å²) in [6.45, 7) is 1.35. The summed E-state index contributed by atoms with van der Waals surface area (Å²) in [7, 11) is 0. The highest BCUT2D eigenvalue weighted by atomic mass is 79.9. The van der Waals surface area contributed by atoms with Gasteiger partial charge in [-0.3, -0.25) is 0 Å². The van der Waals surface area contributed by atoms with Crippen LogP contribution in [0.2, 0.25) is 0 Å². The van der Waals surface area contributed by atoms with Crippen molar-refractivity contribution in [3.63, 3.8) is 0 Å². The number of hydrogen-bond acceptors (Lipinski definition) is 3. The summed E-state index contributed by atoms with van der Waals surface area (Å²) in [5.41, 5.74) is 0.372. The lowest BCUT2D eigenvalue weighted by atomic mass is 10.2. The van der Waals surface area contributed by atoms with E-state index in [4.69, 9.17) is 4.74 Å². The van der Waals surface area contributed by atoms with Gasteiger partial charge in [0.15, 0.2) is 0 Å². The number of esters is 1. The summed E-state index contributed by atoms with van der Waals surface area (Å²) < 4.78 is 5.59. The van der Waals surface area contributed by atoms with E-state index in [1.165, 1.54) is 4.90 Å². The van der Waals surface area contributed by atoms with Gasteiger partial charge in [0.25, 0.3) is 0 Å². The number of rotatable bonds is 1. The number of benzene rings is 1. The molecule has 0 atom stereocenters. The Kier molecular flexibility index (Phi) is 3.24. The van der Waals surface area contributed by atoms with Crippen LogP contribution in [-0.2, 0) is 4.74 Å². The van der Waals surface area contributed by atoms with Crippen LogP contribution in [0.15, 0.2) is 28.7 Å². The number of amides is 1. The summed E-state index contributed by atoms with van der Waals surface area (Å²) in [5, 5.41) is 0. The van der Waals surface area contributed by atoms with Gasteiger partial charge in [-0.25, -0.2) is 9.59 Å². The Labute approximate surface area is 101 Å². The largest absolute Gasteiger partial charge is 0.417 e. The van der Waals surface area contributed by atoms with Gasteiger partial charge in [0, 0.05) is 17.6 Å². The third-order valence-corrected chi connectivity index (χ3v) is 2.90. The van der Waals surface area contributed by atoms with Crippen LogP contribution in [0.25, 0.3) is 0 Å². The highest BCUT2D eigenvalue weighted by molar-refractivity contribution is 9.10. The molecule has 0 aliphatic carbocycles. The molecule has 1 amide bonds. The molecule has 84 valence electrons. The Morgan fingerprint density at radius 1 is 1.19 bits per heavy atom. The molecule has 4 nitrogen and oxygen atoms in total. The SMILES string of the molecule is O=C(OC(=O)N1CCC1)c1ccc(Br)cc1. The molecule has 1 aliphatic rings. The first-order valence-electron chi connectivity index (χ1n) is 4.93. The van der Waals surface area contributed by atoms with E-state index >= 15 is 0 Å². The first-order chi connectivity index (χ1) is 7.66. The average Bonchev–Trinajstić information content (AvgIpc) is 2.15. The lowest BCUT2D eigenvalue weighted by molar-refractivity contribution is 0.0488. The lowest BCUT2D eigenvalue weighted by Crippen LogP contribution is -2.43. The van der Waals surface area contributed by atoms with Crippen LogP contribution in [0.1, 0.15) is 16.8 Å². The monoisotopic (exact) mass is 283 g/mol. The molecular formula is C11H10BrNO3. The van der Waals surface area contributed by atoms with E-state index in [1.807, 2.05) is 0 Å². The molecule has 1 aliphatic heterocycles. The smallest absolute Gasteiger partial charge is 0.372 e. The van der Waals surface area contributed by atoms with E-state index in [-0.39, 0.29) is 0 Å². The van der Waals surface area contributed by atoms with E-state index in [0.29, 0.717) is 18.7 Å². The number of hydrogen-bond donors (Lipinski definition) is 0. The Hall–Kier alpha value is -1.36. The summed E-state index contributed by atoms with van der Waals surface area (Å²) >= 11 is 3.26. The van der Waals surface area contributed by atoms with Crippen LogP contribution in [0.3, 0.4) is 0 Å². The Balaban J connectivity index is 1.97. The van der Waals surface area contributed by atoms with E-state index in [1.54, 1.807) is 24.3 Å². The Morgan fingerprint density at radius 2 is 1.81 bits per heavy atom. The molecule has 1 aromatic rings. The minimum absolute atomic E-state index is 0.372. The zero-order chi connectivity index (χ0) is 11.5. The number of ether oxygens (including phenoxy) is 1. The zero-order valence-electron chi connectivity index (χ0n) is 8.48. The summed E-state index contributed by atoms with van der Waals surface area (Å²) in [5.74, 6) is -0.607. The van der Waals surface area contributed by atoms with Gasteiger partial charge in [-0.05, 0) is 30.7 Å². The molecule has 1 aromatic carbocycles. The Bertz CT molecular complexity index is 412. The van der Waals surface area contributed by atoms with Crippen LogP contribution in [-0.4, -0.2) is 30.1 Å². The zero-order valence-corrected chi connectivity index (χ0v) is 10.1. The topological polar surface area (TPSA) is 46.6 Å².